The average molecular weight is 420 g/mol. The van der Waals surface area contributed by atoms with Crippen molar-refractivity contribution in [2.24, 2.45) is 0 Å². The van der Waals surface area contributed by atoms with Crippen LogP contribution in [0.5, 0.6) is 5.75 Å². The van der Waals surface area contributed by atoms with Crippen LogP contribution < -0.4 is 10.1 Å². The predicted octanol–water partition coefficient (Wildman–Crippen LogP) is 2.37. The molecule has 1 N–H and O–H groups in total. The summed E-state index contributed by atoms with van der Waals surface area (Å²) in [5.74, 6) is 0.843. The van der Waals surface area contributed by atoms with Crippen molar-refractivity contribution < 1.29 is 23.8 Å². The van der Waals surface area contributed by atoms with E-state index in [1.807, 2.05) is 31.2 Å². The van der Waals surface area contributed by atoms with Crippen molar-refractivity contribution in [2.45, 2.75) is 51.9 Å². The third kappa shape index (κ3) is 5.86. The van der Waals surface area contributed by atoms with Gasteiger partial charge in [0.25, 0.3) is 0 Å². The lowest BCUT2D eigenvalue weighted by molar-refractivity contribution is -0.133. The first kappa shape index (κ1) is 22.4. The normalized spacial score (nSPS) is 21.5. The van der Waals surface area contributed by atoms with Crippen LogP contribution in [-0.2, 0) is 20.7 Å². The summed E-state index contributed by atoms with van der Waals surface area (Å²) in [6.07, 6.45) is 1.63. The predicted molar refractivity (Wildman–Crippen MR) is 112 cm³/mol. The highest BCUT2D eigenvalue weighted by Gasteiger charge is 2.41. The molecule has 2 heterocycles. The molecule has 2 amide bonds. The molecule has 0 bridgehead atoms. The Morgan fingerprint density at radius 3 is 2.57 bits per heavy atom. The van der Waals surface area contributed by atoms with E-state index in [1.165, 1.54) is 0 Å². The molecule has 1 aromatic rings. The number of piperazine rings is 1. The number of carbonyl (C=O) groups is 2. The zero-order valence-corrected chi connectivity index (χ0v) is 18.0. The standard InChI is InChI=1S/C22H33N3O5/c1-3-5-6-20(26)25-16-29-21(30-22(27)24-13-11-23-12-14-24)19(25)15-17-7-9-18(10-8-17)28-4-2/h7-10,19,21,23H,3-6,11-16H2,1-2H3/t19-,21-/m0/s1. The van der Waals surface area contributed by atoms with Gasteiger partial charge in [-0.3, -0.25) is 4.79 Å². The second-order valence-corrected chi connectivity index (χ2v) is 7.60. The van der Waals surface area contributed by atoms with E-state index in [0.717, 1.165) is 37.2 Å². The average Bonchev–Trinajstić information content (AvgIpc) is 3.16. The van der Waals surface area contributed by atoms with Gasteiger partial charge in [0.2, 0.25) is 12.2 Å². The number of amides is 2. The Bertz CT molecular complexity index is 691. The third-order valence-corrected chi connectivity index (χ3v) is 5.43. The van der Waals surface area contributed by atoms with E-state index in [4.69, 9.17) is 14.2 Å². The minimum Gasteiger partial charge on any atom is -0.494 e. The number of hydrogen-bond acceptors (Lipinski definition) is 6. The molecule has 2 atom stereocenters. The van der Waals surface area contributed by atoms with Crippen LogP contribution in [0.4, 0.5) is 4.79 Å². The summed E-state index contributed by atoms with van der Waals surface area (Å²) < 4.78 is 17.0. The first-order valence-corrected chi connectivity index (χ1v) is 10.9. The Hall–Kier alpha value is -2.32. The monoisotopic (exact) mass is 419 g/mol. The minimum absolute atomic E-state index is 0.0357. The molecule has 166 valence electrons. The molecule has 2 fully saturated rings. The fraction of sp³-hybridized carbons (Fsp3) is 0.636. The molecule has 0 spiro atoms. The number of carbonyl (C=O) groups excluding carboxylic acids is 2. The van der Waals surface area contributed by atoms with Gasteiger partial charge in [0, 0.05) is 32.6 Å². The summed E-state index contributed by atoms with van der Waals surface area (Å²) in [5.41, 5.74) is 1.03. The molecular weight excluding hydrogens is 386 g/mol. The maximum Gasteiger partial charge on any atom is 0.412 e. The van der Waals surface area contributed by atoms with Crippen molar-refractivity contribution in [3.63, 3.8) is 0 Å². The molecular formula is C22H33N3O5. The number of rotatable bonds is 8. The van der Waals surface area contributed by atoms with Crippen LogP contribution in [0.1, 0.15) is 38.7 Å². The largest absolute Gasteiger partial charge is 0.494 e. The Kier molecular flexibility index (Phi) is 8.33. The Balaban J connectivity index is 1.70. The Labute approximate surface area is 178 Å². The zero-order chi connectivity index (χ0) is 21.3. The highest BCUT2D eigenvalue weighted by molar-refractivity contribution is 5.77. The van der Waals surface area contributed by atoms with E-state index in [2.05, 4.69) is 12.2 Å². The quantitative estimate of drug-likeness (QED) is 0.697. The van der Waals surface area contributed by atoms with Crippen molar-refractivity contribution in [3.05, 3.63) is 29.8 Å². The molecule has 2 aliphatic rings. The van der Waals surface area contributed by atoms with Gasteiger partial charge in [-0.1, -0.05) is 25.5 Å². The van der Waals surface area contributed by atoms with E-state index in [9.17, 15) is 9.59 Å². The summed E-state index contributed by atoms with van der Waals surface area (Å²) in [5, 5.41) is 3.22. The Morgan fingerprint density at radius 2 is 1.90 bits per heavy atom. The minimum atomic E-state index is -0.774. The highest BCUT2D eigenvalue weighted by Crippen LogP contribution is 2.25. The molecule has 30 heavy (non-hydrogen) atoms. The van der Waals surface area contributed by atoms with Crippen LogP contribution in [0.25, 0.3) is 0 Å². The fourth-order valence-corrected chi connectivity index (χ4v) is 3.71. The lowest BCUT2D eigenvalue weighted by atomic mass is 10.0. The van der Waals surface area contributed by atoms with Crippen LogP contribution in [0.15, 0.2) is 24.3 Å². The molecule has 8 heteroatoms. The molecule has 8 nitrogen and oxygen atoms in total. The number of nitrogens with one attached hydrogen (secondary N) is 1. The number of nitrogens with zero attached hydrogens (tertiary/aromatic N) is 2. The van der Waals surface area contributed by atoms with E-state index in [0.29, 0.717) is 32.5 Å². The lowest BCUT2D eigenvalue weighted by Gasteiger charge is -2.30. The van der Waals surface area contributed by atoms with Gasteiger partial charge < -0.3 is 29.3 Å². The van der Waals surface area contributed by atoms with Gasteiger partial charge in [-0.2, -0.15) is 0 Å². The molecule has 3 rings (SSSR count). The summed E-state index contributed by atoms with van der Waals surface area (Å²) in [6, 6.07) is 7.44. The van der Waals surface area contributed by atoms with Crippen LogP contribution in [0.3, 0.4) is 0 Å². The van der Waals surface area contributed by atoms with Crippen LogP contribution in [0, 0.1) is 0 Å². The summed E-state index contributed by atoms with van der Waals surface area (Å²) in [6.45, 7) is 7.46. The first-order valence-electron chi connectivity index (χ1n) is 10.9. The van der Waals surface area contributed by atoms with Gasteiger partial charge in [0.05, 0.1) is 6.61 Å². The number of unbranched alkanes of at least 4 members (excludes halogenated alkanes) is 1. The van der Waals surface area contributed by atoms with Gasteiger partial charge in [-0.25, -0.2) is 4.79 Å². The van der Waals surface area contributed by atoms with E-state index in [1.54, 1.807) is 9.80 Å². The molecule has 0 unspecified atom stereocenters. The van der Waals surface area contributed by atoms with Crippen molar-refractivity contribution >= 4 is 12.0 Å². The molecule has 1 aromatic carbocycles. The number of ether oxygens (including phenoxy) is 3. The molecule has 2 aliphatic heterocycles. The van der Waals surface area contributed by atoms with Crippen molar-refractivity contribution in [2.75, 3.05) is 39.5 Å². The van der Waals surface area contributed by atoms with Gasteiger partial charge in [0.1, 0.15) is 18.5 Å². The van der Waals surface area contributed by atoms with Gasteiger partial charge in [-0.05, 0) is 37.5 Å². The van der Waals surface area contributed by atoms with Crippen molar-refractivity contribution in [1.82, 2.24) is 15.1 Å². The maximum atomic E-state index is 12.7. The van der Waals surface area contributed by atoms with Gasteiger partial charge >= 0.3 is 6.09 Å². The second-order valence-electron chi connectivity index (χ2n) is 7.60. The van der Waals surface area contributed by atoms with Crippen LogP contribution in [0.2, 0.25) is 0 Å². The van der Waals surface area contributed by atoms with Crippen molar-refractivity contribution in [3.8, 4) is 5.75 Å². The zero-order valence-electron chi connectivity index (χ0n) is 18.0. The maximum absolute atomic E-state index is 12.7. The van der Waals surface area contributed by atoms with Crippen molar-refractivity contribution in [1.29, 1.82) is 0 Å². The summed E-state index contributed by atoms with van der Waals surface area (Å²) >= 11 is 0. The molecule has 0 aliphatic carbocycles. The fourth-order valence-electron chi connectivity index (χ4n) is 3.71. The van der Waals surface area contributed by atoms with Gasteiger partial charge in [0.15, 0.2) is 0 Å². The highest BCUT2D eigenvalue weighted by atomic mass is 16.7. The van der Waals surface area contributed by atoms with Crippen LogP contribution in [-0.4, -0.2) is 73.6 Å². The SMILES string of the molecule is CCCCC(=O)N1CO[C@@H](OC(=O)N2CCNCC2)[C@@H]1Cc1ccc(OCC)cc1. The molecule has 0 saturated carbocycles. The Morgan fingerprint density at radius 1 is 1.17 bits per heavy atom. The number of hydrogen-bond donors (Lipinski definition) is 1. The van der Waals surface area contributed by atoms with E-state index in [-0.39, 0.29) is 24.8 Å². The molecule has 2 saturated heterocycles. The molecule has 0 radical (unpaired) electrons. The number of benzene rings is 1. The topological polar surface area (TPSA) is 80.3 Å². The third-order valence-electron chi connectivity index (χ3n) is 5.43. The second kappa shape index (κ2) is 11.2. The van der Waals surface area contributed by atoms with E-state index < -0.39 is 6.29 Å². The lowest BCUT2D eigenvalue weighted by Crippen LogP contribution is -2.49. The van der Waals surface area contributed by atoms with E-state index >= 15 is 0 Å². The smallest absolute Gasteiger partial charge is 0.412 e. The molecule has 0 aromatic heterocycles. The summed E-state index contributed by atoms with van der Waals surface area (Å²) in [4.78, 5) is 28.7. The van der Waals surface area contributed by atoms with Crippen LogP contribution >= 0.6 is 0 Å². The first-order chi connectivity index (χ1) is 14.6. The summed E-state index contributed by atoms with van der Waals surface area (Å²) in [7, 11) is 0. The van der Waals surface area contributed by atoms with Gasteiger partial charge in [-0.15, -0.1) is 0 Å².